The molecule has 1 unspecified atom stereocenters. The zero-order valence-electron chi connectivity index (χ0n) is 11.0. The number of nitrogens with zero attached hydrogens (tertiary/aromatic N) is 3. The first kappa shape index (κ1) is 13.6. The molecule has 0 saturated carbocycles. The van der Waals surface area contributed by atoms with Crippen molar-refractivity contribution in [1.82, 2.24) is 14.5 Å². The molecule has 0 aliphatic carbocycles. The van der Waals surface area contributed by atoms with Gasteiger partial charge in [0.25, 0.3) is 0 Å². The monoisotopic (exact) mass is 285 g/mol. The van der Waals surface area contributed by atoms with Gasteiger partial charge < -0.3 is 4.57 Å². The number of alkyl halides is 1. The molecule has 3 nitrogen and oxygen atoms in total. The Morgan fingerprint density at radius 3 is 2.61 bits per heavy atom. The molecule has 5 heteroatoms. The van der Waals surface area contributed by atoms with Gasteiger partial charge in [0.15, 0.2) is 5.65 Å². The second-order valence-electron chi connectivity index (χ2n) is 5.57. The third-order valence-electron chi connectivity index (χ3n) is 3.33. The SMILES string of the molecule is CC(n1c(CCl)nc2cc(Cl)cnc21)C(C)(C)C. The van der Waals surface area contributed by atoms with E-state index in [0.717, 1.165) is 17.0 Å². The highest BCUT2D eigenvalue weighted by molar-refractivity contribution is 6.31. The fraction of sp³-hybridized carbons (Fsp3) is 0.538. The topological polar surface area (TPSA) is 30.7 Å². The van der Waals surface area contributed by atoms with Crippen molar-refractivity contribution in [3.63, 3.8) is 0 Å². The van der Waals surface area contributed by atoms with E-state index in [-0.39, 0.29) is 11.5 Å². The van der Waals surface area contributed by atoms with Crippen LogP contribution < -0.4 is 0 Å². The van der Waals surface area contributed by atoms with Crippen LogP contribution in [0.4, 0.5) is 0 Å². The van der Waals surface area contributed by atoms with Gasteiger partial charge in [0, 0.05) is 12.2 Å². The predicted molar refractivity (Wildman–Crippen MR) is 76.3 cm³/mol. The van der Waals surface area contributed by atoms with Gasteiger partial charge in [-0.2, -0.15) is 0 Å². The van der Waals surface area contributed by atoms with Crippen molar-refractivity contribution in [2.24, 2.45) is 5.41 Å². The van der Waals surface area contributed by atoms with Gasteiger partial charge >= 0.3 is 0 Å². The van der Waals surface area contributed by atoms with Crippen LogP contribution in [0.15, 0.2) is 12.3 Å². The summed E-state index contributed by atoms with van der Waals surface area (Å²) in [6.45, 7) is 8.74. The number of imidazole rings is 1. The van der Waals surface area contributed by atoms with Gasteiger partial charge in [0.1, 0.15) is 11.3 Å². The average Bonchev–Trinajstić information content (AvgIpc) is 2.63. The summed E-state index contributed by atoms with van der Waals surface area (Å²) in [7, 11) is 0. The minimum atomic E-state index is 0.107. The molecule has 2 aromatic rings. The van der Waals surface area contributed by atoms with Crippen LogP contribution in [0.2, 0.25) is 5.02 Å². The van der Waals surface area contributed by atoms with E-state index in [0.29, 0.717) is 10.9 Å². The fourth-order valence-electron chi connectivity index (χ4n) is 1.89. The lowest BCUT2D eigenvalue weighted by Crippen LogP contribution is -2.23. The van der Waals surface area contributed by atoms with Gasteiger partial charge in [-0.05, 0) is 18.4 Å². The Morgan fingerprint density at radius 2 is 2.06 bits per heavy atom. The molecular formula is C13H17Cl2N3. The van der Waals surface area contributed by atoms with E-state index in [9.17, 15) is 0 Å². The number of fused-ring (bicyclic) bond motifs is 1. The average molecular weight is 286 g/mol. The number of hydrogen-bond acceptors (Lipinski definition) is 2. The third-order valence-corrected chi connectivity index (χ3v) is 3.78. The molecule has 2 rings (SSSR count). The molecule has 0 bridgehead atoms. The normalized spacial score (nSPS) is 14.1. The fourth-order valence-corrected chi connectivity index (χ4v) is 2.23. The lowest BCUT2D eigenvalue weighted by molar-refractivity contribution is 0.263. The van der Waals surface area contributed by atoms with Crippen molar-refractivity contribution < 1.29 is 0 Å². The first-order chi connectivity index (χ1) is 8.34. The number of pyridine rings is 1. The molecule has 1 atom stereocenters. The Bertz CT molecular complexity index is 569. The van der Waals surface area contributed by atoms with E-state index in [2.05, 4.69) is 42.2 Å². The van der Waals surface area contributed by atoms with Crippen molar-refractivity contribution in [2.75, 3.05) is 0 Å². The molecule has 0 aliphatic rings. The second kappa shape index (κ2) is 4.71. The molecule has 0 fully saturated rings. The van der Waals surface area contributed by atoms with E-state index in [1.165, 1.54) is 0 Å². The summed E-state index contributed by atoms with van der Waals surface area (Å²) in [5, 5.41) is 0.594. The van der Waals surface area contributed by atoms with Crippen LogP contribution in [0.5, 0.6) is 0 Å². The smallest absolute Gasteiger partial charge is 0.160 e. The third kappa shape index (κ3) is 2.34. The number of aromatic nitrogens is 3. The molecule has 0 aromatic carbocycles. The van der Waals surface area contributed by atoms with E-state index < -0.39 is 0 Å². The number of hydrogen-bond donors (Lipinski definition) is 0. The quantitative estimate of drug-likeness (QED) is 0.764. The molecule has 18 heavy (non-hydrogen) atoms. The highest BCUT2D eigenvalue weighted by atomic mass is 35.5. The van der Waals surface area contributed by atoms with Gasteiger partial charge in [-0.15, -0.1) is 11.6 Å². The van der Waals surface area contributed by atoms with Crippen molar-refractivity contribution in [3.8, 4) is 0 Å². The van der Waals surface area contributed by atoms with Crippen LogP contribution in [0.1, 0.15) is 39.6 Å². The molecule has 0 N–H and O–H groups in total. The molecule has 0 saturated heterocycles. The summed E-state index contributed by atoms with van der Waals surface area (Å²) < 4.78 is 2.11. The Balaban J connectivity index is 2.68. The Labute approximate surface area is 117 Å². The molecule has 2 heterocycles. The summed E-state index contributed by atoms with van der Waals surface area (Å²) in [5.74, 6) is 1.21. The summed E-state index contributed by atoms with van der Waals surface area (Å²) in [4.78, 5) is 8.90. The Hall–Kier alpha value is -0.800. The highest BCUT2D eigenvalue weighted by Crippen LogP contribution is 2.34. The lowest BCUT2D eigenvalue weighted by atomic mass is 9.88. The molecule has 2 aromatic heterocycles. The Morgan fingerprint density at radius 1 is 1.39 bits per heavy atom. The maximum Gasteiger partial charge on any atom is 0.160 e. The minimum Gasteiger partial charge on any atom is -0.308 e. The van der Waals surface area contributed by atoms with Gasteiger partial charge in [-0.25, -0.2) is 9.97 Å². The van der Waals surface area contributed by atoms with Crippen LogP contribution >= 0.6 is 23.2 Å². The van der Waals surface area contributed by atoms with Crippen LogP contribution in [-0.2, 0) is 5.88 Å². The summed E-state index contributed by atoms with van der Waals surface area (Å²) >= 11 is 11.9. The number of rotatable bonds is 2. The summed E-state index contributed by atoms with van der Waals surface area (Å²) in [5.41, 5.74) is 1.75. The van der Waals surface area contributed by atoms with E-state index in [1.807, 2.05) is 6.07 Å². The largest absolute Gasteiger partial charge is 0.308 e. The molecular weight excluding hydrogens is 269 g/mol. The van der Waals surface area contributed by atoms with Crippen molar-refractivity contribution >= 4 is 34.4 Å². The molecule has 0 amide bonds. The zero-order valence-corrected chi connectivity index (χ0v) is 12.5. The maximum absolute atomic E-state index is 5.99. The minimum absolute atomic E-state index is 0.107. The van der Waals surface area contributed by atoms with Gasteiger partial charge in [-0.1, -0.05) is 32.4 Å². The lowest BCUT2D eigenvalue weighted by Gasteiger charge is -2.29. The van der Waals surface area contributed by atoms with Gasteiger partial charge in [0.05, 0.1) is 10.9 Å². The van der Waals surface area contributed by atoms with Crippen LogP contribution in [-0.4, -0.2) is 14.5 Å². The van der Waals surface area contributed by atoms with Crippen LogP contribution in [0, 0.1) is 5.41 Å². The molecule has 0 spiro atoms. The van der Waals surface area contributed by atoms with E-state index >= 15 is 0 Å². The Kier molecular flexibility index (Phi) is 3.56. The first-order valence-electron chi connectivity index (χ1n) is 5.93. The summed E-state index contributed by atoms with van der Waals surface area (Å²) in [6, 6.07) is 2.08. The standard InChI is InChI=1S/C13H17Cl2N3/c1-8(13(2,3)4)18-11(6-14)17-10-5-9(15)7-16-12(10)18/h5,7-8H,6H2,1-4H3. The van der Waals surface area contributed by atoms with Gasteiger partial charge in [0.2, 0.25) is 0 Å². The summed E-state index contributed by atoms with van der Waals surface area (Å²) in [6.07, 6.45) is 1.65. The molecule has 98 valence electrons. The number of halogens is 2. The molecule has 0 aliphatic heterocycles. The van der Waals surface area contributed by atoms with Crippen molar-refractivity contribution in [1.29, 1.82) is 0 Å². The van der Waals surface area contributed by atoms with E-state index in [4.69, 9.17) is 23.2 Å². The van der Waals surface area contributed by atoms with Crippen molar-refractivity contribution in [3.05, 3.63) is 23.1 Å². The van der Waals surface area contributed by atoms with Gasteiger partial charge in [-0.3, -0.25) is 0 Å². The van der Waals surface area contributed by atoms with E-state index in [1.54, 1.807) is 6.20 Å². The second-order valence-corrected chi connectivity index (χ2v) is 6.27. The maximum atomic E-state index is 5.99. The predicted octanol–water partition coefficient (Wildman–Crippen LogP) is 4.43. The zero-order chi connectivity index (χ0) is 13.5. The first-order valence-corrected chi connectivity index (χ1v) is 6.84. The molecule has 0 radical (unpaired) electrons. The van der Waals surface area contributed by atoms with Crippen LogP contribution in [0.3, 0.4) is 0 Å². The van der Waals surface area contributed by atoms with Crippen LogP contribution in [0.25, 0.3) is 11.2 Å². The van der Waals surface area contributed by atoms with Crippen molar-refractivity contribution in [2.45, 2.75) is 39.6 Å². The highest BCUT2D eigenvalue weighted by Gasteiger charge is 2.26.